The van der Waals surface area contributed by atoms with Crippen molar-refractivity contribution < 1.29 is 14.4 Å². The van der Waals surface area contributed by atoms with Gasteiger partial charge in [-0.05, 0) is 39.3 Å². The molecule has 0 aliphatic carbocycles. The molecule has 2 heterocycles. The molecule has 2 rings (SSSR count). The van der Waals surface area contributed by atoms with Crippen LogP contribution in [0.25, 0.3) is 0 Å². The van der Waals surface area contributed by atoms with Crippen molar-refractivity contribution in [2.45, 2.75) is 26.3 Å². The van der Waals surface area contributed by atoms with E-state index in [9.17, 15) is 14.4 Å². The van der Waals surface area contributed by atoms with E-state index in [4.69, 9.17) is 0 Å². The summed E-state index contributed by atoms with van der Waals surface area (Å²) in [5.41, 5.74) is -0.284. The zero-order valence-electron chi connectivity index (χ0n) is 15.9. The first kappa shape index (κ1) is 20.4. The van der Waals surface area contributed by atoms with E-state index in [1.54, 1.807) is 21.7 Å². The molecule has 1 fully saturated rings. The Morgan fingerprint density at radius 3 is 2.27 bits per heavy atom. The van der Waals surface area contributed by atoms with E-state index in [1.165, 1.54) is 11.3 Å². The van der Waals surface area contributed by atoms with Crippen molar-refractivity contribution in [3.05, 3.63) is 22.4 Å². The molecule has 1 aliphatic rings. The Balaban J connectivity index is 1.75. The number of hydrogen-bond acceptors (Lipinski definition) is 5. The van der Waals surface area contributed by atoms with Crippen molar-refractivity contribution in [1.29, 1.82) is 0 Å². The number of nitrogens with zero attached hydrogens (tertiary/aromatic N) is 3. The second-order valence-electron chi connectivity index (χ2n) is 7.62. The second-order valence-corrected chi connectivity index (χ2v) is 8.57. The summed E-state index contributed by atoms with van der Waals surface area (Å²) in [6, 6.07) is 3.69. The summed E-state index contributed by atoms with van der Waals surface area (Å²) >= 11 is 1.43. The van der Waals surface area contributed by atoms with Crippen molar-refractivity contribution in [1.82, 2.24) is 20.0 Å². The molecule has 1 aromatic rings. The van der Waals surface area contributed by atoms with E-state index >= 15 is 0 Å². The van der Waals surface area contributed by atoms with E-state index in [0.29, 0.717) is 26.2 Å². The fourth-order valence-electron chi connectivity index (χ4n) is 2.80. The molecule has 26 heavy (non-hydrogen) atoms. The summed E-state index contributed by atoms with van der Waals surface area (Å²) in [4.78, 5) is 42.7. The molecule has 1 N–H and O–H groups in total. The number of piperazine rings is 1. The molecule has 0 unspecified atom stereocenters. The molecule has 0 atom stereocenters. The van der Waals surface area contributed by atoms with Crippen LogP contribution < -0.4 is 5.32 Å². The molecule has 0 aromatic carbocycles. The van der Waals surface area contributed by atoms with Gasteiger partial charge in [-0.2, -0.15) is 0 Å². The molecule has 1 aliphatic heterocycles. The Morgan fingerprint density at radius 2 is 1.73 bits per heavy atom. The number of thiophene rings is 1. The van der Waals surface area contributed by atoms with E-state index in [2.05, 4.69) is 5.32 Å². The summed E-state index contributed by atoms with van der Waals surface area (Å²) in [5.74, 6) is -0.0819. The summed E-state index contributed by atoms with van der Waals surface area (Å²) in [7, 11) is 1.76. The Hall–Kier alpha value is -1.93. The van der Waals surface area contributed by atoms with Crippen LogP contribution in [-0.2, 0) is 9.59 Å². The normalized spacial score (nSPS) is 15.3. The minimum Gasteiger partial charge on any atom is -0.350 e. The van der Waals surface area contributed by atoms with Crippen LogP contribution in [0.2, 0.25) is 0 Å². The van der Waals surface area contributed by atoms with E-state index in [-0.39, 0.29) is 36.3 Å². The third-order valence-corrected chi connectivity index (χ3v) is 4.84. The van der Waals surface area contributed by atoms with Gasteiger partial charge in [0.25, 0.3) is 5.91 Å². The summed E-state index contributed by atoms with van der Waals surface area (Å²) < 4.78 is 0. The van der Waals surface area contributed by atoms with Crippen LogP contribution in [-0.4, -0.2) is 84.3 Å². The number of amides is 3. The van der Waals surface area contributed by atoms with Gasteiger partial charge in [0.2, 0.25) is 11.8 Å². The first-order valence-electron chi connectivity index (χ1n) is 8.76. The smallest absolute Gasteiger partial charge is 0.264 e. The molecule has 1 aromatic heterocycles. The summed E-state index contributed by atoms with van der Waals surface area (Å²) in [6.45, 7) is 8.27. The van der Waals surface area contributed by atoms with Gasteiger partial charge in [0.05, 0.1) is 18.0 Å². The maximum Gasteiger partial charge on any atom is 0.264 e. The van der Waals surface area contributed by atoms with Crippen LogP contribution >= 0.6 is 11.3 Å². The highest BCUT2D eigenvalue weighted by Crippen LogP contribution is 2.14. The van der Waals surface area contributed by atoms with Crippen LogP contribution in [0.1, 0.15) is 30.4 Å². The molecule has 7 nitrogen and oxygen atoms in total. The molecule has 0 saturated carbocycles. The van der Waals surface area contributed by atoms with Crippen LogP contribution in [0.15, 0.2) is 17.5 Å². The molecule has 0 bridgehead atoms. The van der Waals surface area contributed by atoms with Gasteiger partial charge in [0, 0.05) is 31.7 Å². The van der Waals surface area contributed by atoms with Crippen molar-refractivity contribution in [2.75, 3.05) is 46.3 Å². The Kier molecular flexibility index (Phi) is 6.77. The molecule has 1 saturated heterocycles. The minimum absolute atomic E-state index is 0.0146. The first-order valence-corrected chi connectivity index (χ1v) is 9.64. The highest BCUT2D eigenvalue weighted by molar-refractivity contribution is 7.12. The van der Waals surface area contributed by atoms with Crippen LogP contribution in [0.3, 0.4) is 0 Å². The van der Waals surface area contributed by atoms with Gasteiger partial charge in [-0.3, -0.25) is 19.3 Å². The standard InChI is InChI=1S/C18H28N4O3S/c1-18(2,3)19-15(23)12-20(4)13-16(24)21-7-9-22(10-8-21)17(25)14-6-5-11-26-14/h5-6,11H,7-10,12-13H2,1-4H3,(H,19,23). The Morgan fingerprint density at radius 1 is 1.12 bits per heavy atom. The van der Waals surface area contributed by atoms with Gasteiger partial charge in [-0.15, -0.1) is 11.3 Å². The number of nitrogens with one attached hydrogen (secondary N) is 1. The molecular formula is C18H28N4O3S. The van der Waals surface area contributed by atoms with E-state index < -0.39 is 0 Å². The molecule has 3 amide bonds. The second kappa shape index (κ2) is 8.64. The van der Waals surface area contributed by atoms with Crippen LogP contribution in [0, 0.1) is 0 Å². The van der Waals surface area contributed by atoms with E-state index in [0.717, 1.165) is 4.88 Å². The average molecular weight is 381 g/mol. The van der Waals surface area contributed by atoms with Crippen LogP contribution in [0.4, 0.5) is 0 Å². The number of likely N-dealkylation sites (N-methyl/N-ethyl adjacent to an activating group) is 1. The van der Waals surface area contributed by atoms with Gasteiger partial charge in [-0.1, -0.05) is 6.07 Å². The monoisotopic (exact) mass is 380 g/mol. The summed E-state index contributed by atoms with van der Waals surface area (Å²) in [5, 5.41) is 4.77. The fraction of sp³-hybridized carbons (Fsp3) is 0.611. The Bertz CT molecular complexity index is 631. The van der Waals surface area contributed by atoms with Crippen molar-refractivity contribution >= 4 is 29.1 Å². The van der Waals surface area contributed by atoms with Crippen LogP contribution in [0.5, 0.6) is 0 Å². The number of carbonyl (C=O) groups is 3. The lowest BCUT2D eigenvalue weighted by molar-refractivity contribution is -0.134. The largest absolute Gasteiger partial charge is 0.350 e. The average Bonchev–Trinajstić information content (AvgIpc) is 3.06. The molecule has 8 heteroatoms. The highest BCUT2D eigenvalue weighted by Gasteiger charge is 2.26. The molecular weight excluding hydrogens is 352 g/mol. The predicted molar refractivity (Wildman–Crippen MR) is 102 cm³/mol. The minimum atomic E-state index is -0.284. The molecule has 0 radical (unpaired) electrons. The maximum absolute atomic E-state index is 12.4. The van der Waals surface area contributed by atoms with E-state index in [1.807, 2.05) is 38.3 Å². The lowest BCUT2D eigenvalue weighted by Crippen LogP contribution is -2.53. The number of carbonyl (C=O) groups excluding carboxylic acids is 3. The third-order valence-electron chi connectivity index (χ3n) is 3.98. The highest BCUT2D eigenvalue weighted by atomic mass is 32.1. The lowest BCUT2D eigenvalue weighted by atomic mass is 10.1. The maximum atomic E-state index is 12.4. The van der Waals surface area contributed by atoms with Gasteiger partial charge in [-0.25, -0.2) is 0 Å². The zero-order chi connectivity index (χ0) is 19.3. The first-order chi connectivity index (χ1) is 12.2. The Labute approximate surface area is 158 Å². The van der Waals surface area contributed by atoms with Crippen molar-refractivity contribution in [2.24, 2.45) is 0 Å². The van der Waals surface area contributed by atoms with Gasteiger partial charge in [0.1, 0.15) is 0 Å². The van der Waals surface area contributed by atoms with Crippen molar-refractivity contribution in [3.8, 4) is 0 Å². The zero-order valence-corrected chi connectivity index (χ0v) is 16.8. The van der Waals surface area contributed by atoms with Gasteiger partial charge < -0.3 is 15.1 Å². The van der Waals surface area contributed by atoms with Gasteiger partial charge in [0.15, 0.2) is 0 Å². The summed E-state index contributed by atoms with van der Waals surface area (Å²) in [6.07, 6.45) is 0. The quantitative estimate of drug-likeness (QED) is 0.823. The lowest BCUT2D eigenvalue weighted by Gasteiger charge is -2.35. The molecule has 0 spiro atoms. The molecule has 144 valence electrons. The SMILES string of the molecule is CN(CC(=O)NC(C)(C)C)CC(=O)N1CCN(C(=O)c2cccs2)CC1. The third kappa shape index (κ3) is 6.10. The number of rotatable bonds is 5. The van der Waals surface area contributed by atoms with Gasteiger partial charge >= 0.3 is 0 Å². The predicted octanol–water partition coefficient (Wildman–Crippen LogP) is 0.879. The topological polar surface area (TPSA) is 73.0 Å². The number of hydrogen-bond donors (Lipinski definition) is 1. The van der Waals surface area contributed by atoms with Crippen molar-refractivity contribution in [3.63, 3.8) is 0 Å². The fourth-order valence-corrected chi connectivity index (χ4v) is 3.50.